The Morgan fingerprint density at radius 2 is 2.29 bits per heavy atom. The van der Waals surface area contributed by atoms with E-state index in [0.29, 0.717) is 30.2 Å². The lowest BCUT2D eigenvalue weighted by Crippen LogP contribution is -2.07. The number of nitrogen functional groups attached to an aromatic ring is 1. The van der Waals surface area contributed by atoms with Crippen molar-refractivity contribution >= 4 is 5.82 Å². The predicted molar refractivity (Wildman–Crippen MR) is 61.0 cm³/mol. The van der Waals surface area contributed by atoms with Crippen LogP contribution in [-0.2, 0) is 13.0 Å². The number of rotatable bonds is 3. The standard InChI is InChI=1S/C11H13N5O/c1-7-8(2)16(11(13)9(7)5-12)4-3-10-14-6-15-17-10/h6H,3-4,13H2,1-2H3. The molecule has 0 saturated heterocycles. The fourth-order valence-electron chi connectivity index (χ4n) is 1.83. The summed E-state index contributed by atoms with van der Waals surface area (Å²) >= 11 is 0. The molecule has 88 valence electrons. The van der Waals surface area contributed by atoms with Gasteiger partial charge in [0.1, 0.15) is 11.9 Å². The zero-order valence-electron chi connectivity index (χ0n) is 9.77. The Morgan fingerprint density at radius 3 is 2.82 bits per heavy atom. The number of nitriles is 1. The first-order chi connectivity index (χ1) is 8.15. The summed E-state index contributed by atoms with van der Waals surface area (Å²) in [6.07, 6.45) is 1.97. The molecular formula is C11H13N5O. The number of aryl methyl sites for hydroxylation is 1. The lowest BCUT2D eigenvalue weighted by molar-refractivity contribution is 0.371. The molecule has 0 aliphatic heterocycles. The molecule has 0 radical (unpaired) electrons. The number of aromatic nitrogens is 3. The van der Waals surface area contributed by atoms with E-state index in [1.165, 1.54) is 6.33 Å². The number of nitrogens with two attached hydrogens (primary N) is 1. The van der Waals surface area contributed by atoms with Gasteiger partial charge in [-0.25, -0.2) is 0 Å². The van der Waals surface area contributed by atoms with E-state index >= 15 is 0 Å². The molecule has 0 saturated carbocycles. The van der Waals surface area contributed by atoms with Crippen LogP contribution in [0.1, 0.15) is 22.7 Å². The third kappa shape index (κ3) is 1.87. The lowest BCUT2D eigenvalue weighted by atomic mass is 10.2. The van der Waals surface area contributed by atoms with Gasteiger partial charge in [0.05, 0.1) is 5.56 Å². The van der Waals surface area contributed by atoms with Crippen LogP contribution in [-0.4, -0.2) is 14.7 Å². The van der Waals surface area contributed by atoms with Gasteiger partial charge in [-0.05, 0) is 19.4 Å². The average molecular weight is 231 g/mol. The van der Waals surface area contributed by atoms with E-state index in [-0.39, 0.29) is 0 Å². The molecule has 2 heterocycles. The summed E-state index contributed by atoms with van der Waals surface area (Å²) in [5.41, 5.74) is 8.40. The molecule has 0 aliphatic rings. The summed E-state index contributed by atoms with van der Waals surface area (Å²) in [5.74, 6) is 1.07. The predicted octanol–water partition coefficient (Wildman–Crippen LogP) is 1.18. The van der Waals surface area contributed by atoms with Gasteiger partial charge in [0.25, 0.3) is 0 Å². The highest BCUT2D eigenvalue weighted by molar-refractivity contribution is 5.57. The molecule has 6 nitrogen and oxygen atoms in total. The molecule has 0 aliphatic carbocycles. The Labute approximate surface area is 98.6 Å². The molecule has 0 bridgehead atoms. The zero-order valence-corrected chi connectivity index (χ0v) is 9.77. The molecule has 0 atom stereocenters. The van der Waals surface area contributed by atoms with E-state index in [0.717, 1.165) is 11.3 Å². The van der Waals surface area contributed by atoms with Crippen LogP contribution in [0.15, 0.2) is 10.9 Å². The minimum absolute atomic E-state index is 0.502. The highest BCUT2D eigenvalue weighted by Crippen LogP contribution is 2.23. The molecule has 2 aromatic heterocycles. The van der Waals surface area contributed by atoms with Crippen molar-refractivity contribution in [3.05, 3.63) is 29.0 Å². The molecule has 2 N–H and O–H groups in total. The van der Waals surface area contributed by atoms with Crippen LogP contribution in [0.2, 0.25) is 0 Å². The summed E-state index contributed by atoms with van der Waals surface area (Å²) in [7, 11) is 0. The van der Waals surface area contributed by atoms with Crippen LogP contribution in [0.4, 0.5) is 5.82 Å². The first-order valence-corrected chi connectivity index (χ1v) is 5.26. The molecule has 17 heavy (non-hydrogen) atoms. The average Bonchev–Trinajstić information content (AvgIpc) is 2.88. The van der Waals surface area contributed by atoms with Crippen molar-refractivity contribution in [2.75, 3.05) is 5.73 Å². The monoisotopic (exact) mass is 231 g/mol. The van der Waals surface area contributed by atoms with E-state index in [1.807, 2.05) is 18.4 Å². The number of hydrogen-bond donors (Lipinski definition) is 1. The second-order valence-electron chi connectivity index (χ2n) is 3.82. The number of anilines is 1. The first-order valence-electron chi connectivity index (χ1n) is 5.26. The second kappa shape index (κ2) is 4.29. The second-order valence-corrected chi connectivity index (χ2v) is 3.82. The summed E-state index contributed by atoms with van der Waals surface area (Å²) in [4.78, 5) is 3.94. The molecule has 0 aromatic carbocycles. The van der Waals surface area contributed by atoms with E-state index in [2.05, 4.69) is 16.2 Å². The van der Waals surface area contributed by atoms with E-state index in [4.69, 9.17) is 15.5 Å². The Morgan fingerprint density at radius 1 is 1.53 bits per heavy atom. The molecule has 6 heteroatoms. The SMILES string of the molecule is Cc1c(C#N)c(N)n(CCc2ncno2)c1C. The van der Waals surface area contributed by atoms with Crippen molar-refractivity contribution in [3.8, 4) is 6.07 Å². The molecule has 2 aromatic rings. The largest absolute Gasteiger partial charge is 0.384 e. The quantitative estimate of drug-likeness (QED) is 0.856. The smallest absolute Gasteiger partial charge is 0.228 e. The molecule has 0 fully saturated rings. The van der Waals surface area contributed by atoms with Crippen LogP contribution >= 0.6 is 0 Å². The molecule has 2 rings (SSSR count). The van der Waals surface area contributed by atoms with Gasteiger partial charge in [-0.1, -0.05) is 5.16 Å². The maximum Gasteiger partial charge on any atom is 0.228 e. The lowest BCUT2D eigenvalue weighted by Gasteiger charge is -2.06. The molecule has 0 spiro atoms. The maximum atomic E-state index is 9.01. The van der Waals surface area contributed by atoms with Crippen LogP contribution in [0.5, 0.6) is 0 Å². The minimum Gasteiger partial charge on any atom is -0.384 e. The van der Waals surface area contributed by atoms with E-state index in [9.17, 15) is 0 Å². The van der Waals surface area contributed by atoms with Crippen molar-refractivity contribution in [2.24, 2.45) is 0 Å². The van der Waals surface area contributed by atoms with Crippen molar-refractivity contribution in [1.29, 1.82) is 5.26 Å². The van der Waals surface area contributed by atoms with Gasteiger partial charge in [0.2, 0.25) is 5.89 Å². The van der Waals surface area contributed by atoms with E-state index < -0.39 is 0 Å². The third-order valence-corrected chi connectivity index (χ3v) is 2.94. The van der Waals surface area contributed by atoms with Crippen LogP contribution in [0.25, 0.3) is 0 Å². The third-order valence-electron chi connectivity index (χ3n) is 2.94. The van der Waals surface area contributed by atoms with Crippen LogP contribution in [0, 0.1) is 25.2 Å². The topological polar surface area (TPSA) is 93.7 Å². The van der Waals surface area contributed by atoms with Gasteiger partial charge in [-0.15, -0.1) is 0 Å². The van der Waals surface area contributed by atoms with Gasteiger partial charge < -0.3 is 14.8 Å². The normalized spacial score (nSPS) is 10.4. The minimum atomic E-state index is 0.502. The van der Waals surface area contributed by atoms with Crippen molar-refractivity contribution in [2.45, 2.75) is 26.8 Å². The molecular weight excluding hydrogens is 218 g/mol. The summed E-state index contributed by atoms with van der Waals surface area (Å²) in [6.45, 7) is 4.47. The van der Waals surface area contributed by atoms with Crippen molar-refractivity contribution in [1.82, 2.24) is 14.7 Å². The Kier molecular flexibility index (Phi) is 2.83. The Hall–Kier alpha value is -2.29. The summed E-state index contributed by atoms with van der Waals surface area (Å²) in [6, 6.07) is 2.12. The Bertz CT molecular complexity index is 562. The molecule has 0 amide bonds. The van der Waals surface area contributed by atoms with E-state index in [1.54, 1.807) is 0 Å². The van der Waals surface area contributed by atoms with Crippen LogP contribution < -0.4 is 5.73 Å². The Balaban J connectivity index is 2.25. The molecule has 0 unspecified atom stereocenters. The number of nitrogens with zero attached hydrogens (tertiary/aromatic N) is 4. The summed E-state index contributed by atoms with van der Waals surface area (Å²) in [5, 5.41) is 12.5. The summed E-state index contributed by atoms with van der Waals surface area (Å²) < 4.78 is 6.82. The fraction of sp³-hybridized carbons (Fsp3) is 0.364. The van der Waals surface area contributed by atoms with Crippen molar-refractivity contribution < 1.29 is 4.52 Å². The highest BCUT2D eigenvalue weighted by Gasteiger charge is 2.15. The zero-order chi connectivity index (χ0) is 12.4. The maximum absolute atomic E-state index is 9.01. The van der Waals surface area contributed by atoms with Gasteiger partial charge in [0.15, 0.2) is 6.33 Å². The first kappa shape index (κ1) is 11.2. The van der Waals surface area contributed by atoms with Crippen molar-refractivity contribution in [3.63, 3.8) is 0 Å². The van der Waals surface area contributed by atoms with Gasteiger partial charge >= 0.3 is 0 Å². The fourth-order valence-corrected chi connectivity index (χ4v) is 1.83. The number of hydrogen-bond acceptors (Lipinski definition) is 5. The van der Waals surface area contributed by atoms with Crippen LogP contribution in [0.3, 0.4) is 0 Å². The highest BCUT2D eigenvalue weighted by atomic mass is 16.5. The van der Waals surface area contributed by atoms with Gasteiger partial charge in [0, 0.05) is 18.7 Å². The van der Waals surface area contributed by atoms with Gasteiger partial charge in [-0.2, -0.15) is 10.2 Å². The van der Waals surface area contributed by atoms with Gasteiger partial charge in [-0.3, -0.25) is 0 Å².